The van der Waals surface area contributed by atoms with Gasteiger partial charge in [-0.2, -0.15) is 0 Å². The molecule has 0 atom stereocenters. The Hall–Kier alpha value is -2.77. The standard InChI is InChI=1S/C13H15N5O3/c1-3-17(4-2)9-15-11-7-8-14-13(16-11)10-5-6-12(21-10)18(19)20/h5-9H,3-4H2,1-2H3/b15-9+. The van der Waals surface area contributed by atoms with Crippen LogP contribution >= 0.6 is 0 Å². The van der Waals surface area contributed by atoms with E-state index in [1.807, 2.05) is 18.7 Å². The first-order valence-electron chi connectivity index (χ1n) is 6.50. The van der Waals surface area contributed by atoms with Gasteiger partial charge in [0.2, 0.25) is 0 Å². The maximum atomic E-state index is 10.6. The van der Waals surface area contributed by atoms with Gasteiger partial charge in [0.25, 0.3) is 0 Å². The van der Waals surface area contributed by atoms with Crippen molar-refractivity contribution in [2.45, 2.75) is 13.8 Å². The fourth-order valence-electron chi connectivity index (χ4n) is 1.61. The van der Waals surface area contributed by atoms with Crippen molar-refractivity contribution in [2.75, 3.05) is 13.1 Å². The zero-order valence-corrected chi connectivity index (χ0v) is 11.8. The van der Waals surface area contributed by atoms with Crippen LogP contribution in [0.15, 0.2) is 33.8 Å². The normalized spacial score (nSPS) is 11.0. The summed E-state index contributed by atoms with van der Waals surface area (Å²) in [5.74, 6) is 0.621. The van der Waals surface area contributed by atoms with Crippen molar-refractivity contribution in [3.63, 3.8) is 0 Å². The lowest BCUT2D eigenvalue weighted by Crippen LogP contribution is -2.20. The Morgan fingerprint density at radius 3 is 2.76 bits per heavy atom. The molecule has 21 heavy (non-hydrogen) atoms. The van der Waals surface area contributed by atoms with Gasteiger partial charge in [0.05, 0.1) is 12.4 Å². The Bertz CT molecular complexity index is 649. The third-order valence-corrected chi connectivity index (χ3v) is 2.80. The highest BCUT2D eigenvalue weighted by Gasteiger charge is 2.14. The first-order chi connectivity index (χ1) is 10.1. The second-order valence-electron chi connectivity index (χ2n) is 4.10. The minimum atomic E-state index is -0.605. The van der Waals surface area contributed by atoms with Crippen LogP contribution in [0.5, 0.6) is 0 Å². The van der Waals surface area contributed by atoms with Crippen molar-refractivity contribution in [3.05, 3.63) is 34.5 Å². The SMILES string of the molecule is CCN(/C=N/c1ccnc(-c2ccc([N+](=O)[O-])o2)n1)CC. The highest BCUT2D eigenvalue weighted by Crippen LogP contribution is 2.24. The number of rotatable bonds is 6. The summed E-state index contributed by atoms with van der Waals surface area (Å²) in [6.07, 6.45) is 3.24. The monoisotopic (exact) mass is 289 g/mol. The van der Waals surface area contributed by atoms with Crippen LogP contribution in [0.1, 0.15) is 13.8 Å². The average Bonchev–Trinajstić information content (AvgIpc) is 2.99. The third kappa shape index (κ3) is 3.62. The summed E-state index contributed by atoms with van der Waals surface area (Å²) in [6.45, 7) is 5.76. The van der Waals surface area contributed by atoms with Crippen LogP contribution in [0.2, 0.25) is 0 Å². The van der Waals surface area contributed by atoms with Gasteiger partial charge in [-0.25, -0.2) is 15.0 Å². The van der Waals surface area contributed by atoms with Gasteiger partial charge in [-0.3, -0.25) is 10.1 Å². The van der Waals surface area contributed by atoms with Gasteiger partial charge >= 0.3 is 5.88 Å². The Morgan fingerprint density at radius 2 is 2.14 bits per heavy atom. The minimum Gasteiger partial charge on any atom is -0.397 e. The molecule has 0 spiro atoms. The first kappa shape index (κ1) is 14.6. The lowest BCUT2D eigenvalue weighted by atomic mass is 10.4. The molecule has 0 aromatic carbocycles. The number of aliphatic imine (C=N–C) groups is 1. The maximum Gasteiger partial charge on any atom is 0.433 e. The van der Waals surface area contributed by atoms with Crippen molar-refractivity contribution >= 4 is 18.0 Å². The van der Waals surface area contributed by atoms with E-state index >= 15 is 0 Å². The third-order valence-electron chi connectivity index (χ3n) is 2.80. The molecular weight excluding hydrogens is 274 g/mol. The Kier molecular flexibility index (Phi) is 4.60. The molecule has 2 aromatic rings. The fraction of sp³-hybridized carbons (Fsp3) is 0.308. The van der Waals surface area contributed by atoms with Crippen molar-refractivity contribution < 1.29 is 9.34 Å². The van der Waals surface area contributed by atoms with Crippen LogP contribution in [0.3, 0.4) is 0 Å². The van der Waals surface area contributed by atoms with Gasteiger partial charge < -0.3 is 9.32 Å². The summed E-state index contributed by atoms with van der Waals surface area (Å²) in [4.78, 5) is 24.5. The fourth-order valence-corrected chi connectivity index (χ4v) is 1.61. The molecule has 2 rings (SSSR count). The molecule has 0 aliphatic carbocycles. The van der Waals surface area contributed by atoms with Crippen LogP contribution in [-0.2, 0) is 0 Å². The van der Waals surface area contributed by atoms with Crippen molar-refractivity contribution in [1.29, 1.82) is 0 Å². The second-order valence-corrected chi connectivity index (χ2v) is 4.10. The van der Waals surface area contributed by atoms with Crippen molar-refractivity contribution in [1.82, 2.24) is 14.9 Å². The quantitative estimate of drug-likeness (QED) is 0.351. The highest BCUT2D eigenvalue weighted by molar-refractivity contribution is 5.60. The molecule has 8 nitrogen and oxygen atoms in total. The van der Waals surface area contributed by atoms with E-state index in [0.29, 0.717) is 5.82 Å². The largest absolute Gasteiger partial charge is 0.433 e. The molecule has 0 bridgehead atoms. The second kappa shape index (κ2) is 6.60. The Morgan fingerprint density at radius 1 is 1.38 bits per heavy atom. The molecule has 0 amide bonds. The van der Waals surface area contributed by atoms with Crippen molar-refractivity contribution in [2.24, 2.45) is 4.99 Å². The summed E-state index contributed by atoms with van der Waals surface area (Å²) < 4.78 is 5.07. The molecule has 0 saturated heterocycles. The predicted octanol–water partition coefficient (Wildman–Crippen LogP) is 2.65. The van der Waals surface area contributed by atoms with E-state index in [0.717, 1.165) is 13.1 Å². The summed E-state index contributed by atoms with van der Waals surface area (Å²) in [6, 6.07) is 4.39. The number of hydrogen-bond donors (Lipinski definition) is 0. The van der Waals surface area contributed by atoms with E-state index in [1.165, 1.54) is 18.3 Å². The lowest BCUT2D eigenvalue weighted by Gasteiger charge is -2.12. The van der Waals surface area contributed by atoms with Gasteiger partial charge in [0.15, 0.2) is 17.4 Å². The lowest BCUT2D eigenvalue weighted by molar-refractivity contribution is -0.401. The van der Waals surface area contributed by atoms with Gasteiger partial charge in [-0.15, -0.1) is 0 Å². The van der Waals surface area contributed by atoms with Crippen molar-refractivity contribution in [3.8, 4) is 11.6 Å². The number of nitro groups is 1. The van der Waals surface area contributed by atoms with Crippen LogP contribution in [0, 0.1) is 10.1 Å². The van der Waals surface area contributed by atoms with E-state index in [4.69, 9.17) is 4.42 Å². The van der Waals surface area contributed by atoms with Crippen LogP contribution in [0.4, 0.5) is 11.7 Å². The molecular formula is C13H15N5O3. The Labute approximate surface area is 121 Å². The van der Waals surface area contributed by atoms with Gasteiger partial charge in [0, 0.05) is 25.4 Å². The maximum absolute atomic E-state index is 10.6. The predicted molar refractivity (Wildman–Crippen MR) is 77.5 cm³/mol. The van der Waals surface area contributed by atoms with Crippen LogP contribution in [0.25, 0.3) is 11.6 Å². The van der Waals surface area contributed by atoms with E-state index < -0.39 is 4.92 Å². The van der Waals surface area contributed by atoms with E-state index in [-0.39, 0.29) is 17.5 Å². The van der Waals surface area contributed by atoms with E-state index in [9.17, 15) is 10.1 Å². The van der Waals surface area contributed by atoms with E-state index in [2.05, 4.69) is 15.0 Å². The molecule has 0 saturated carbocycles. The molecule has 0 unspecified atom stereocenters. The molecule has 110 valence electrons. The minimum absolute atomic E-state index is 0.238. The molecule has 0 N–H and O–H groups in total. The summed E-state index contributed by atoms with van der Waals surface area (Å²) in [5.41, 5.74) is 0. The van der Waals surface area contributed by atoms with Gasteiger partial charge in [-0.05, 0) is 19.9 Å². The summed E-state index contributed by atoms with van der Waals surface area (Å²) in [5, 5.41) is 10.6. The first-order valence-corrected chi connectivity index (χ1v) is 6.50. The van der Waals surface area contributed by atoms with Crippen LogP contribution in [-0.4, -0.2) is 39.2 Å². The molecule has 2 aromatic heterocycles. The number of hydrogen-bond acceptors (Lipinski definition) is 6. The highest BCUT2D eigenvalue weighted by atomic mass is 16.6. The molecule has 0 radical (unpaired) electrons. The molecule has 0 aliphatic rings. The molecule has 0 fully saturated rings. The van der Waals surface area contributed by atoms with Gasteiger partial charge in [0.1, 0.15) is 4.92 Å². The number of furan rings is 1. The van der Waals surface area contributed by atoms with E-state index in [1.54, 1.807) is 12.4 Å². The van der Waals surface area contributed by atoms with Gasteiger partial charge in [-0.1, -0.05) is 0 Å². The zero-order chi connectivity index (χ0) is 15.2. The molecule has 0 aliphatic heterocycles. The number of nitrogens with zero attached hydrogens (tertiary/aromatic N) is 5. The number of aromatic nitrogens is 2. The Balaban J connectivity index is 2.22. The summed E-state index contributed by atoms with van der Waals surface area (Å²) >= 11 is 0. The zero-order valence-electron chi connectivity index (χ0n) is 11.8. The average molecular weight is 289 g/mol. The topological polar surface area (TPSA) is 97.7 Å². The molecule has 8 heteroatoms. The smallest absolute Gasteiger partial charge is 0.397 e. The van der Waals surface area contributed by atoms with Crippen LogP contribution < -0.4 is 0 Å². The molecule has 2 heterocycles. The summed E-state index contributed by atoms with van der Waals surface area (Å²) in [7, 11) is 0.